The Morgan fingerprint density at radius 1 is 1.20 bits per heavy atom. The summed E-state index contributed by atoms with van der Waals surface area (Å²) in [6.45, 7) is 0.752. The molecular formula is C20H20F3N5O2. The van der Waals surface area contributed by atoms with Crippen LogP contribution in [0.4, 0.5) is 24.7 Å². The Morgan fingerprint density at radius 2 is 2.00 bits per heavy atom. The van der Waals surface area contributed by atoms with Crippen molar-refractivity contribution < 1.29 is 22.7 Å². The molecule has 1 amide bonds. The molecule has 2 aromatic heterocycles. The molecule has 0 unspecified atom stereocenters. The molecule has 30 heavy (non-hydrogen) atoms. The van der Waals surface area contributed by atoms with E-state index in [1.165, 1.54) is 6.07 Å². The van der Waals surface area contributed by atoms with Crippen molar-refractivity contribution in [2.45, 2.75) is 6.18 Å². The lowest BCUT2D eigenvalue weighted by Crippen LogP contribution is -2.26. The van der Waals surface area contributed by atoms with Crippen molar-refractivity contribution in [3.63, 3.8) is 0 Å². The van der Waals surface area contributed by atoms with Gasteiger partial charge in [-0.2, -0.15) is 13.2 Å². The predicted octanol–water partition coefficient (Wildman–Crippen LogP) is 3.62. The molecule has 0 aliphatic heterocycles. The number of benzene rings is 1. The number of methoxy groups -OCH3 is 1. The van der Waals surface area contributed by atoms with E-state index in [2.05, 4.69) is 20.6 Å². The van der Waals surface area contributed by atoms with Crippen LogP contribution in [0.5, 0.6) is 0 Å². The van der Waals surface area contributed by atoms with Crippen molar-refractivity contribution in [2.75, 3.05) is 25.6 Å². The van der Waals surface area contributed by atoms with Gasteiger partial charge in [0.05, 0.1) is 24.2 Å². The standard InChI is InChI=1S/C20H20F3N5O2/c1-28-11-17(26-12-28)15-9-13(19(29)24-7-8-30-2)3-5-16(15)27-18-6-4-14(10-25-18)20(21,22)23/h3-6,9-12H,7-8H2,1-2H3,(H,24,29)(H,25,27). The molecule has 0 bridgehead atoms. The summed E-state index contributed by atoms with van der Waals surface area (Å²) >= 11 is 0. The number of hydrogen-bond acceptors (Lipinski definition) is 5. The number of alkyl halides is 3. The van der Waals surface area contributed by atoms with Crippen molar-refractivity contribution in [3.8, 4) is 11.3 Å². The fourth-order valence-electron chi connectivity index (χ4n) is 2.70. The highest BCUT2D eigenvalue weighted by Gasteiger charge is 2.30. The van der Waals surface area contributed by atoms with Crippen molar-refractivity contribution in [1.29, 1.82) is 0 Å². The van der Waals surface area contributed by atoms with Gasteiger partial charge in [-0.05, 0) is 30.3 Å². The van der Waals surface area contributed by atoms with Crippen molar-refractivity contribution in [1.82, 2.24) is 19.9 Å². The molecule has 0 saturated heterocycles. The van der Waals surface area contributed by atoms with Gasteiger partial charge in [-0.3, -0.25) is 4.79 Å². The highest BCUT2D eigenvalue weighted by atomic mass is 19.4. The maximum absolute atomic E-state index is 12.7. The first-order chi connectivity index (χ1) is 14.3. The average Bonchev–Trinajstić information content (AvgIpc) is 3.14. The summed E-state index contributed by atoms with van der Waals surface area (Å²) in [7, 11) is 3.35. The van der Waals surface area contributed by atoms with Crippen molar-refractivity contribution in [2.24, 2.45) is 7.05 Å². The smallest absolute Gasteiger partial charge is 0.383 e. The Kier molecular flexibility index (Phi) is 6.36. The van der Waals surface area contributed by atoms with Gasteiger partial charge < -0.3 is 19.9 Å². The summed E-state index contributed by atoms with van der Waals surface area (Å²) in [5.41, 5.74) is 1.34. The average molecular weight is 419 g/mol. The number of carbonyl (C=O) groups is 1. The zero-order valence-corrected chi connectivity index (χ0v) is 16.3. The highest BCUT2D eigenvalue weighted by molar-refractivity contribution is 5.97. The number of amides is 1. The van der Waals surface area contributed by atoms with Crippen LogP contribution in [0.25, 0.3) is 11.3 Å². The van der Waals surface area contributed by atoms with Crippen LogP contribution < -0.4 is 10.6 Å². The molecule has 158 valence electrons. The SMILES string of the molecule is COCCNC(=O)c1ccc(Nc2ccc(C(F)(F)F)cn2)c(-c2cn(C)cn2)c1. The molecule has 0 radical (unpaired) electrons. The molecule has 0 saturated carbocycles. The Labute approximate surface area is 170 Å². The number of rotatable bonds is 7. The summed E-state index contributed by atoms with van der Waals surface area (Å²) in [6, 6.07) is 7.14. The molecular weight excluding hydrogens is 399 g/mol. The third-order valence-corrected chi connectivity index (χ3v) is 4.21. The molecule has 2 N–H and O–H groups in total. The number of aryl methyl sites for hydroxylation is 1. The number of aromatic nitrogens is 3. The fourth-order valence-corrected chi connectivity index (χ4v) is 2.70. The van der Waals surface area contributed by atoms with Crippen LogP contribution in [0.1, 0.15) is 15.9 Å². The first kappa shape index (κ1) is 21.3. The fraction of sp³-hybridized carbons (Fsp3) is 0.250. The van der Waals surface area contributed by atoms with E-state index >= 15 is 0 Å². The summed E-state index contributed by atoms with van der Waals surface area (Å²) < 4.78 is 44.9. The maximum Gasteiger partial charge on any atom is 0.417 e. The third kappa shape index (κ3) is 5.15. The van der Waals surface area contributed by atoms with E-state index < -0.39 is 11.7 Å². The highest BCUT2D eigenvalue weighted by Crippen LogP contribution is 2.32. The van der Waals surface area contributed by atoms with Gasteiger partial charge in [-0.15, -0.1) is 0 Å². The molecule has 3 aromatic rings. The van der Waals surface area contributed by atoms with Gasteiger partial charge >= 0.3 is 6.18 Å². The first-order valence-electron chi connectivity index (χ1n) is 8.97. The van der Waals surface area contributed by atoms with Gasteiger partial charge in [-0.25, -0.2) is 9.97 Å². The molecule has 0 aliphatic rings. The lowest BCUT2D eigenvalue weighted by molar-refractivity contribution is -0.137. The second-order valence-corrected chi connectivity index (χ2v) is 6.49. The molecule has 0 aliphatic carbocycles. The molecule has 1 aromatic carbocycles. The lowest BCUT2D eigenvalue weighted by atomic mass is 10.1. The number of carbonyl (C=O) groups excluding carboxylic acids is 1. The van der Waals surface area contributed by atoms with Crippen LogP contribution in [-0.4, -0.2) is 40.7 Å². The number of hydrogen-bond donors (Lipinski definition) is 2. The van der Waals surface area contributed by atoms with Gasteiger partial charge in [0.1, 0.15) is 5.82 Å². The zero-order valence-electron chi connectivity index (χ0n) is 16.3. The van der Waals surface area contributed by atoms with E-state index in [4.69, 9.17) is 4.74 Å². The monoisotopic (exact) mass is 419 g/mol. The van der Waals surface area contributed by atoms with E-state index in [1.54, 1.807) is 42.4 Å². The molecule has 7 nitrogen and oxygen atoms in total. The molecule has 10 heteroatoms. The number of ether oxygens (including phenoxy) is 1. The van der Waals surface area contributed by atoms with Crippen LogP contribution in [0, 0.1) is 0 Å². The largest absolute Gasteiger partial charge is 0.417 e. The van der Waals surface area contributed by atoms with E-state index in [-0.39, 0.29) is 11.7 Å². The number of pyridine rings is 1. The van der Waals surface area contributed by atoms with Gasteiger partial charge in [0.2, 0.25) is 0 Å². The van der Waals surface area contributed by atoms with E-state index in [0.29, 0.717) is 35.7 Å². The molecule has 0 fully saturated rings. The van der Waals surface area contributed by atoms with Crippen LogP contribution >= 0.6 is 0 Å². The second kappa shape index (κ2) is 8.95. The summed E-state index contributed by atoms with van der Waals surface area (Å²) in [5.74, 6) is -0.0408. The van der Waals surface area contributed by atoms with Crippen LogP contribution in [0.3, 0.4) is 0 Å². The minimum atomic E-state index is -4.46. The van der Waals surface area contributed by atoms with Crippen LogP contribution in [0.2, 0.25) is 0 Å². The van der Waals surface area contributed by atoms with Gasteiger partial charge in [0.25, 0.3) is 5.91 Å². The molecule has 0 spiro atoms. The minimum absolute atomic E-state index is 0.234. The quantitative estimate of drug-likeness (QED) is 0.572. The molecule has 2 heterocycles. The second-order valence-electron chi connectivity index (χ2n) is 6.49. The summed E-state index contributed by atoms with van der Waals surface area (Å²) in [4.78, 5) is 20.5. The lowest BCUT2D eigenvalue weighted by Gasteiger charge is -2.13. The van der Waals surface area contributed by atoms with Gasteiger partial charge in [-0.1, -0.05) is 0 Å². The normalized spacial score (nSPS) is 11.4. The zero-order chi connectivity index (χ0) is 21.7. The minimum Gasteiger partial charge on any atom is -0.383 e. The summed E-state index contributed by atoms with van der Waals surface area (Å²) in [6.07, 6.45) is -0.309. The van der Waals surface area contributed by atoms with Gasteiger partial charge in [0.15, 0.2) is 0 Å². The van der Waals surface area contributed by atoms with Crippen LogP contribution in [-0.2, 0) is 18.0 Å². The Hall–Kier alpha value is -3.40. The van der Waals surface area contributed by atoms with Gasteiger partial charge in [0, 0.05) is 49.9 Å². The Bertz CT molecular complexity index is 1020. The third-order valence-electron chi connectivity index (χ3n) is 4.21. The first-order valence-corrected chi connectivity index (χ1v) is 8.97. The van der Waals surface area contributed by atoms with Crippen molar-refractivity contribution in [3.05, 3.63) is 60.2 Å². The summed E-state index contributed by atoms with van der Waals surface area (Å²) in [5, 5.41) is 5.74. The molecule has 0 atom stereocenters. The Morgan fingerprint density at radius 3 is 2.60 bits per heavy atom. The Balaban J connectivity index is 1.90. The number of anilines is 2. The number of nitrogens with zero attached hydrogens (tertiary/aromatic N) is 3. The van der Waals surface area contributed by atoms with Crippen molar-refractivity contribution >= 4 is 17.4 Å². The molecule has 3 rings (SSSR count). The number of halogens is 3. The maximum atomic E-state index is 12.7. The van der Waals surface area contributed by atoms with E-state index in [9.17, 15) is 18.0 Å². The number of imidazole rings is 1. The van der Waals surface area contributed by atoms with E-state index in [0.717, 1.165) is 12.3 Å². The topological polar surface area (TPSA) is 81.1 Å². The number of nitrogens with one attached hydrogen (secondary N) is 2. The van der Waals surface area contributed by atoms with Crippen LogP contribution in [0.15, 0.2) is 49.1 Å². The van der Waals surface area contributed by atoms with E-state index in [1.807, 2.05) is 7.05 Å². The predicted molar refractivity (Wildman–Crippen MR) is 105 cm³/mol.